The third-order valence-electron chi connectivity index (χ3n) is 5.79. The zero-order valence-corrected chi connectivity index (χ0v) is 17.6. The highest BCUT2D eigenvalue weighted by molar-refractivity contribution is 5.94. The average Bonchev–Trinajstić information content (AvgIpc) is 3.57. The molecule has 2 atom stereocenters. The van der Waals surface area contributed by atoms with Crippen LogP contribution in [-0.4, -0.2) is 36.1 Å². The van der Waals surface area contributed by atoms with Crippen LogP contribution in [0.3, 0.4) is 0 Å². The van der Waals surface area contributed by atoms with Crippen molar-refractivity contribution < 1.29 is 14.7 Å². The fourth-order valence-corrected chi connectivity index (χ4v) is 3.93. The van der Waals surface area contributed by atoms with Crippen molar-refractivity contribution in [1.82, 2.24) is 10.6 Å². The largest absolute Gasteiger partial charge is 0.389 e. The highest BCUT2D eigenvalue weighted by Crippen LogP contribution is 2.32. The Balaban J connectivity index is 0.00000256. The van der Waals surface area contributed by atoms with Crippen molar-refractivity contribution in [3.05, 3.63) is 65.7 Å². The summed E-state index contributed by atoms with van der Waals surface area (Å²) in [4.78, 5) is 24.7. The molecule has 6 nitrogen and oxygen atoms in total. The van der Waals surface area contributed by atoms with E-state index in [-0.39, 0.29) is 36.6 Å². The Labute approximate surface area is 182 Å². The quantitative estimate of drug-likeness (QED) is 0.567. The van der Waals surface area contributed by atoms with Gasteiger partial charge in [-0.3, -0.25) is 9.59 Å². The third-order valence-corrected chi connectivity index (χ3v) is 5.79. The van der Waals surface area contributed by atoms with E-state index in [9.17, 15) is 14.7 Å². The molecule has 4 N–H and O–H groups in total. The van der Waals surface area contributed by atoms with Gasteiger partial charge in [-0.1, -0.05) is 42.5 Å². The molecule has 2 aromatic carbocycles. The molecule has 1 heterocycles. The number of aliphatic hydroxyl groups is 1. The van der Waals surface area contributed by atoms with Crippen molar-refractivity contribution in [1.29, 1.82) is 0 Å². The lowest BCUT2D eigenvalue weighted by Crippen LogP contribution is -2.61. The van der Waals surface area contributed by atoms with Crippen LogP contribution in [0.1, 0.15) is 30.4 Å². The second-order valence-electron chi connectivity index (χ2n) is 7.99. The van der Waals surface area contributed by atoms with Crippen LogP contribution in [0, 0.1) is 5.92 Å². The summed E-state index contributed by atoms with van der Waals surface area (Å²) in [6.07, 6.45) is 2.06. The molecule has 2 amide bonds. The molecule has 2 aliphatic rings. The van der Waals surface area contributed by atoms with Gasteiger partial charge >= 0.3 is 0 Å². The first-order valence-electron chi connectivity index (χ1n) is 10.2. The summed E-state index contributed by atoms with van der Waals surface area (Å²) in [6, 6.07) is 17.0. The fraction of sp³-hybridized carbons (Fsp3) is 0.391. The molecule has 2 fully saturated rings. The van der Waals surface area contributed by atoms with Gasteiger partial charge in [-0.05, 0) is 49.1 Å². The number of piperidine rings is 1. The van der Waals surface area contributed by atoms with Gasteiger partial charge in [0, 0.05) is 18.2 Å². The number of carbonyl (C=O) groups is 2. The summed E-state index contributed by atoms with van der Waals surface area (Å²) < 4.78 is 0. The Kier molecular flexibility index (Phi) is 7.13. The van der Waals surface area contributed by atoms with E-state index in [1.54, 1.807) is 0 Å². The number of β-amino-alcohol motifs (C(OH)–C–C–N with tert-alkyl or cyclic N) is 1. The molecule has 1 aliphatic carbocycles. The van der Waals surface area contributed by atoms with E-state index in [1.165, 1.54) is 0 Å². The molecular weight excluding hydrogens is 402 g/mol. The van der Waals surface area contributed by atoms with Gasteiger partial charge in [-0.2, -0.15) is 0 Å². The SMILES string of the molecule is Cl.O=C(Cc1ccc(NC(=O)C2CC2)cc1)N[C@@]1(c2ccccc2)CCNC[C@H]1O. The van der Waals surface area contributed by atoms with E-state index >= 15 is 0 Å². The van der Waals surface area contributed by atoms with Crippen LogP contribution in [0.2, 0.25) is 0 Å². The number of rotatable bonds is 6. The molecule has 1 saturated heterocycles. The first-order chi connectivity index (χ1) is 14.1. The summed E-state index contributed by atoms with van der Waals surface area (Å²) >= 11 is 0. The molecule has 7 heteroatoms. The number of anilines is 1. The van der Waals surface area contributed by atoms with Gasteiger partial charge in [-0.25, -0.2) is 0 Å². The van der Waals surface area contributed by atoms with E-state index in [0.29, 0.717) is 13.0 Å². The molecule has 30 heavy (non-hydrogen) atoms. The predicted molar refractivity (Wildman–Crippen MR) is 119 cm³/mol. The molecule has 0 spiro atoms. The Morgan fingerprint density at radius 2 is 1.77 bits per heavy atom. The average molecular weight is 430 g/mol. The maximum Gasteiger partial charge on any atom is 0.227 e. The molecular formula is C23H28ClN3O3. The lowest BCUT2D eigenvalue weighted by molar-refractivity contribution is -0.125. The van der Waals surface area contributed by atoms with Gasteiger partial charge in [0.2, 0.25) is 11.8 Å². The maximum absolute atomic E-state index is 12.9. The number of amides is 2. The van der Waals surface area contributed by atoms with Gasteiger partial charge in [0.25, 0.3) is 0 Å². The van der Waals surface area contributed by atoms with Crippen LogP contribution >= 0.6 is 12.4 Å². The topological polar surface area (TPSA) is 90.5 Å². The lowest BCUT2D eigenvalue weighted by atomic mass is 9.79. The second-order valence-corrected chi connectivity index (χ2v) is 7.99. The minimum atomic E-state index is -0.790. The number of carbonyl (C=O) groups excluding carboxylic acids is 2. The number of hydrogen-bond acceptors (Lipinski definition) is 4. The van der Waals surface area contributed by atoms with Crippen LogP contribution in [0.5, 0.6) is 0 Å². The Bertz CT molecular complexity index is 871. The highest BCUT2D eigenvalue weighted by atomic mass is 35.5. The van der Waals surface area contributed by atoms with Gasteiger partial charge in [-0.15, -0.1) is 12.4 Å². The summed E-state index contributed by atoms with van der Waals surface area (Å²) in [5, 5.41) is 19.9. The van der Waals surface area contributed by atoms with E-state index in [4.69, 9.17) is 0 Å². The highest BCUT2D eigenvalue weighted by Gasteiger charge is 2.42. The van der Waals surface area contributed by atoms with E-state index in [1.807, 2.05) is 54.6 Å². The third kappa shape index (κ3) is 5.01. The number of halogens is 1. The molecule has 0 unspecified atom stereocenters. The zero-order chi connectivity index (χ0) is 20.3. The molecule has 0 aromatic heterocycles. The number of aliphatic hydroxyl groups excluding tert-OH is 1. The Hall–Kier alpha value is -2.41. The van der Waals surface area contributed by atoms with Crippen molar-refractivity contribution in [2.75, 3.05) is 18.4 Å². The first kappa shape index (κ1) is 22.3. The summed E-state index contributed by atoms with van der Waals surface area (Å²) in [6.45, 7) is 1.16. The number of nitrogens with one attached hydrogen (secondary N) is 3. The molecule has 4 rings (SSSR count). The Morgan fingerprint density at radius 1 is 1.07 bits per heavy atom. The minimum absolute atomic E-state index is 0. The monoisotopic (exact) mass is 429 g/mol. The first-order valence-corrected chi connectivity index (χ1v) is 10.2. The normalized spacial score (nSPS) is 23.2. The second kappa shape index (κ2) is 9.60. The molecule has 1 aliphatic heterocycles. The van der Waals surface area contributed by atoms with Gasteiger partial charge in [0.1, 0.15) is 0 Å². The molecule has 160 valence electrons. The van der Waals surface area contributed by atoms with Crippen molar-refractivity contribution >= 4 is 29.9 Å². The predicted octanol–water partition coefficient (Wildman–Crippen LogP) is 2.37. The maximum atomic E-state index is 12.9. The lowest BCUT2D eigenvalue weighted by Gasteiger charge is -2.43. The van der Waals surface area contributed by atoms with E-state index in [0.717, 1.165) is 36.2 Å². The van der Waals surface area contributed by atoms with E-state index < -0.39 is 11.6 Å². The van der Waals surface area contributed by atoms with Gasteiger partial charge < -0.3 is 21.1 Å². The van der Waals surface area contributed by atoms with Crippen molar-refractivity contribution in [2.24, 2.45) is 5.92 Å². The van der Waals surface area contributed by atoms with Crippen LogP contribution < -0.4 is 16.0 Å². The van der Waals surface area contributed by atoms with Crippen LogP contribution in [0.4, 0.5) is 5.69 Å². The molecule has 0 radical (unpaired) electrons. The fourth-order valence-electron chi connectivity index (χ4n) is 3.93. The zero-order valence-electron chi connectivity index (χ0n) is 16.8. The standard InChI is InChI=1S/C23H27N3O3.ClH/c27-20-15-24-13-12-23(20,18-4-2-1-3-5-18)26-21(28)14-16-6-10-19(11-7-16)25-22(29)17-8-9-17;/h1-7,10-11,17,20,24,27H,8-9,12-15H2,(H,25,29)(H,26,28);1H/t20-,23-;/m1./s1. The number of hydrogen-bond donors (Lipinski definition) is 4. The summed E-state index contributed by atoms with van der Waals surface area (Å²) in [7, 11) is 0. The smallest absolute Gasteiger partial charge is 0.227 e. The molecule has 0 bridgehead atoms. The summed E-state index contributed by atoms with van der Waals surface area (Å²) in [5.41, 5.74) is 1.74. The van der Waals surface area contributed by atoms with E-state index in [2.05, 4.69) is 16.0 Å². The number of benzene rings is 2. The van der Waals surface area contributed by atoms with Gasteiger partial charge in [0.05, 0.1) is 18.1 Å². The minimum Gasteiger partial charge on any atom is -0.389 e. The Morgan fingerprint density at radius 3 is 2.40 bits per heavy atom. The summed E-state index contributed by atoms with van der Waals surface area (Å²) in [5.74, 6) is 0.0933. The van der Waals surface area contributed by atoms with Crippen LogP contribution in [0.25, 0.3) is 0 Å². The molecule has 2 aromatic rings. The van der Waals surface area contributed by atoms with Crippen molar-refractivity contribution in [2.45, 2.75) is 37.3 Å². The van der Waals surface area contributed by atoms with Crippen LogP contribution in [0.15, 0.2) is 54.6 Å². The molecule has 1 saturated carbocycles. The van der Waals surface area contributed by atoms with Gasteiger partial charge in [0.15, 0.2) is 0 Å². The van der Waals surface area contributed by atoms with Crippen molar-refractivity contribution in [3.8, 4) is 0 Å². The van der Waals surface area contributed by atoms with Crippen LogP contribution in [-0.2, 0) is 21.5 Å². The van der Waals surface area contributed by atoms with Crippen molar-refractivity contribution in [3.63, 3.8) is 0 Å².